The SMILES string of the molecule is C=N.CC=O.CCN(C)C=Nc1cc(C)c(CCS/C=C/C2CCCCC2)cc1C. The summed E-state index contributed by atoms with van der Waals surface area (Å²) in [6.45, 7) is 11.4. The number of nitrogens with one attached hydrogen (secondary N) is 1. The highest BCUT2D eigenvalue weighted by Crippen LogP contribution is 2.26. The Morgan fingerprint density at radius 3 is 2.43 bits per heavy atom. The van der Waals surface area contributed by atoms with Gasteiger partial charge < -0.3 is 15.1 Å². The summed E-state index contributed by atoms with van der Waals surface area (Å²) in [4.78, 5) is 15.5. The molecule has 5 heteroatoms. The zero-order chi connectivity index (χ0) is 22.8. The van der Waals surface area contributed by atoms with Crippen molar-refractivity contribution in [3.8, 4) is 0 Å². The van der Waals surface area contributed by atoms with E-state index < -0.39 is 0 Å². The van der Waals surface area contributed by atoms with Crippen LogP contribution in [0.5, 0.6) is 0 Å². The summed E-state index contributed by atoms with van der Waals surface area (Å²) in [6.07, 6.45) is 13.3. The van der Waals surface area contributed by atoms with Gasteiger partial charge in [-0.3, -0.25) is 0 Å². The van der Waals surface area contributed by atoms with Gasteiger partial charge in [-0.2, -0.15) is 0 Å². The van der Waals surface area contributed by atoms with E-state index in [0.29, 0.717) is 0 Å². The first-order chi connectivity index (χ1) is 14.5. The van der Waals surface area contributed by atoms with E-state index in [1.54, 1.807) is 0 Å². The van der Waals surface area contributed by atoms with Crippen molar-refractivity contribution in [3.05, 3.63) is 40.3 Å². The Morgan fingerprint density at radius 2 is 1.83 bits per heavy atom. The molecule has 1 aliphatic carbocycles. The van der Waals surface area contributed by atoms with Gasteiger partial charge in [-0.25, -0.2) is 4.99 Å². The van der Waals surface area contributed by atoms with Crippen LogP contribution in [-0.2, 0) is 11.2 Å². The fraction of sp³-hybridized carbons (Fsp3) is 0.560. The normalized spacial score (nSPS) is 14.0. The number of aliphatic imine (C=N–C) groups is 1. The van der Waals surface area contributed by atoms with Gasteiger partial charge in [-0.15, -0.1) is 11.8 Å². The predicted molar refractivity (Wildman–Crippen MR) is 136 cm³/mol. The number of aryl methyl sites for hydroxylation is 3. The van der Waals surface area contributed by atoms with Crippen molar-refractivity contribution >= 4 is 36.8 Å². The third kappa shape index (κ3) is 12.0. The lowest BCUT2D eigenvalue weighted by Crippen LogP contribution is -2.14. The Balaban J connectivity index is 0.00000154. The smallest absolute Gasteiger partial charge is 0.116 e. The summed E-state index contributed by atoms with van der Waals surface area (Å²) in [7, 11) is 2.05. The van der Waals surface area contributed by atoms with Gasteiger partial charge in [0, 0.05) is 19.3 Å². The molecule has 0 amide bonds. The standard InChI is InChI=1S/C22H34N2S.C2H4O.CH3N/c1-5-24(4)17-23-22-16-18(2)21(15-19(22)3)12-14-25-13-11-20-9-7-6-8-10-20;1-2-3;1-2/h11,13,15-17,20H,5-10,12,14H2,1-4H3;2H,1H3;2H,1H2/b13-11+,23-17?;;. The number of nitrogens with zero attached hydrogens (tertiary/aromatic N) is 2. The highest BCUT2D eigenvalue weighted by atomic mass is 32.2. The Hall–Kier alpha value is -1.88. The summed E-state index contributed by atoms with van der Waals surface area (Å²) in [6, 6.07) is 4.55. The highest BCUT2D eigenvalue weighted by molar-refractivity contribution is 8.02. The molecule has 0 aliphatic heterocycles. The lowest BCUT2D eigenvalue weighted by Gasteiger charge is -2.17. The number of carbonyl (C=O) groups is 1. The Kier molecular flexibility index (Phi) is 16.8. The number of benzene rings is 1. The number of aldehydes is 1. The van der Waals surface area contributed by atoms with Gasteiger partial charge in [0.25, 0.3) is 0 Å². The highest BCUT2D eigenvalue weighted by Gasteiger charge is 2.09. The molecule has 0 radical (unpaired) electrons. The molecule has 0 atom stereocenters. The van der Waals surface area contributed by atoms with Crippen LogP contribution in [0.2, 0.25) is 0 Å². The molecule has 1 aromatic carbocycles. The zero-order valence-electron chi connectivity index (χ0n) is 19.6. The third-order valence-corrected chi connectivity index (χ3v) is 5.92. The third-order valence-electron chi connectivity index (χ3n) is 5.13. The molecule has 1 saturated carbocycles. The monoisotopic (exact) mass is 431 g/mol. The molecule has 30 heavy (non-hydrogen) atoms. The molecule has 1 N–H and O–H groups in total. The molecule has 168 valence electrons. The van der Waals surface area contributed by atoms with E-state index in [0.717, 1.165) is 36.6 Å². The van der Waals surface area contributed by atoms with Gasteiger partial charge in [-0.05, 0) is 87.8 Å². The van der Waals surface area contributed by atoms with Crippen LogP contribution in [0.4, 0.5) is 5.69 Å². The van der Waals surface area contributed by atoms with Gasteiger partial charge in [0.05, 0.1) is 12.0 Å². The Labute approximate surface area is 188 Å². The van der Waals surface area contributed by atoms with Crippen molar-refractivity contribution in [3.63, 3.8) is 0 Å². The maximum Gasteiger partial charge on any atom is 0.116 e. The molecule has 0 spiro atoms. The van der Waals surface area contributed by atoms with Gasteiger partial charge >= 0.3 is 0 Å². The quantitative estimate of drug-likeness (QED) is 0.214. The lowest BCUT2D eigenvalue weighted by atomic mass is 9.90. The number of rotatable bonds is 8. The van der Waals surface area contributed by atoms with Crippen LogP contribution in [0, 0.1) is 25.2 Å². The van der Waals surface area contributed by atoms with Crippen molar-refractivity contribution in [2.45, 2.75) is 66.2 Å². The summed E-state index contributed by atoms with van der Waals surface area (Å²) < 4.78 is 0. The van der Waals surface area contributed by atoms with Gasteiger partial charge in [-0.1, -0.05) is 31.4 Å². The topological polar surface area (TPSA) is 56.5 Å². The number of carbonyl (C=O) groups excluding carboxylic acids is 1. The molecule has 1 aromatic rings. The van der Waals surface area contributed by atoms with Crippen LogP contribution in [0.1, 0.15) is 62.6 Å². The van der Waals surface area contributed by atoms with Crippen molar-refractivity contribution < 1.29 is 4.79 Å². The van der Waals surface area contributed by atoms with Crippen LogP contribution in [-0.4, -0.2) is 43.6 Å². The van der Waals surface area contributed by atoms with E-state index in [4.69, 9.17) is 10.2 Å². The molecule has 0 unspecified atom stereocenters. The van der Waals surface area contributed by atoms with Crippen molar-refractivity contribution in [2.24, 2.45) is 10.9 Å². The lowest BCUT2D eigenvalue weighted by molar-refractivity contribution is -0.106. The maximum atomic E-state index is 8.81. The number of hydrogen-bond acceptors (Lipinski definition) is 4. The van der Waals surface area contributed by atoms with Crippen molar-refractivity contribution in [2.75, 3.05) is 19.3 Å². The predicted octanol–water partition coefficient (Wildman–Crippen LogP) is 6.76. The van der Waals surface area contributed by atoms with E-state index in [1.165, 1.54) is 55.7 Å². The van der Waals surface area contributed by atoms with E-state index >= 15 is 0 Å². The molecule has 1 fully saturated rings. The van der Waals surface area contributed by atoms with Gasteiger partial charge in [0.15, 0.2) is 0 Å². The van der Waals surface area contributed by atoms with Crippen LogP contribution < -0.4 is 0 Å². The van der Waals surface area contributed by atoms with Crippen LogP contribution >= 0.6 is 11.8 Å². The average molecular weight is 432 g/mol. The minimum Gasteiger partial charge on any atom is -0.366 e. The molecule has 0 bridgehead atoms. The second-order valence-electron chi connectivity index (χ2n) is 7.47. The fourth-order valence-corrected chi connectivity index (χ4v) is 4.05. The largest absolute Gasteiger partial charge is 0.366 e. The zero-order valence-corrected chi connectivity index (χ0v) is 20.4. The maximum absolute atomic E-state index is 8.81. The molecule has 0 aromatic heterocycles. The second kappa shape index (κ2) is 17.9. The molecule has 0 heterocycles. The summed E-state index contributed by atoms with van der Waals surface area (Å²) in [5, 5.41) is 7.84. The van der Waals surface area contributed by atoms with E-state index in [1.807, 2.05) is 18.1 Å². The molecule has 4 nitrogen and oxygen atoms in total. The molecule has 0 saturated heterocycles. The van der Waals surface area contributed by atoms with E-state index in [-0.39, 0.29) is 0 Å². The molecular weight excluding hydrogens is 390 g/mol. The molecule has 1 aliphatic rings. The van der Waals surface area contributed by atoms with Crippen molar-refractivity contribution in [1.82, 2.24) is 4.90 Å². The van der Waals surface area contributed by atoms with Crippen molar-refractivity contribution in [1.29, 1.82) is 5.41 Å². The number of hydrogen-bond donors (Lipinski definition) is 1. The number of allylic oxidation sites excluding steroid dienone is 1. The Morgan fingerprint density at radius 1 is 1.20 bits per heavy atom. The Bertz CT molecular complexity index is 652. The minimum absolute atomic E-state index is 0.750. The first kappa shape index (κ1) is 28.1. The minimum atomic E-state index is 0.750. The summed E-state index contributed by atoms with van der Waals surface area (Å²) in [5.41, 5.74) is 5.17. The average Bonchev–Trinajstić information content (AvgIpc) is 2.77. The first-order valence-electron chi connectivity index (χ1n) is 10.9. The van der Waals surface area contributed by atoms with E-state index in [2.05, 4.69) is 68.0 Å². The van der Waals surface area contributed by atoms with E-state index in [9.17, 15) is 0 Å². The second-order valence-corrected chi connectivity index (χ2v) is 8.48. The summed E-state index contributed by atoms with van der Waals surface area (Å²) >= 11 is 1.96. The molecular formula is C25H41N3OS. The molecule has 2 rings (SSSR count). The fourth-order valence-electron chi connectivity index (χ4n) is 3.24. The van der Waals surface area contributed by atoms with Crippen LogP contribution in [0.25, 0.3) is 0 Å². The first-order valence-corrected chi connectivity index (χ1v) is 11.9. The van der Waals surface area contributed by atoms with Crippen LogP contribution in [0.15, 0.2) is 28.6 Å². The summed E-state index contributed by atoms with van der Waals surface area (Å²) in [5.74, 6) is 1.99. The number of thioether (sulfide) groups is 1. The van der Waals surface area contributed by atoms with Crippen LogP contribution in [0.3, 0.4) is 0 Å². The van der Waals surface area contributed by atoms with Gasteiger partial charge in [0.2, 0.25) is 0 Å². The van der Waals surface area contributed by atoms with Gasteiger partial charge in [0.1, 0.15) is 6.29 Å².